The molecule has 248 valence electrons. The van der Waals surface area contributed by atoms with Gasteiger partial charge in [-0.2, -0.15) is 0 Å². The molecule has 4 atom stereocenters. The van der Waals surface area contributed by atoms with E-state index in [2.05, 4.69) is 39.5 Å². The lowest BCUT2D eigenvalue weighted by atomic mass is 9.84. The Morgan fingerprint density at radius 3 is 2.40 bits per heavy atom. The second-order valence-electron chi connectivity index (χ2n) is 12.6. The molecular weight excluding hydrogens is 600 g/mol. The van der Waals surface area contributed by atoms with E-state index in [1.54, 1.807) is 12.1 Å². The molecule has 0 bridgehead atoms. The van der Waals surface area contributed by atoms with Crippen LogP contribution in [0, 0.1) is 5.92 Å². The molecule has 11 heteroatoms. The Bertz CT molecular complexity index is 1560. The topological polar surface area (TPSA) is 141 Å². The molecule has 3 saturated heterocycles. The second-order valence-corrected chi connectivity index (χ2v) is 12.6. The third-order valence-corrected chi connectivity index (χ3v) is 9.66. The molecule has 3 fully saturated rings. The Morgan fingerprint density at radius 2 is 1.70 bits per heavy atom. The van der Waals surface area contributed by atoms with Crippen molar-refractivity contribution in [1.82, 2.24) is 10.2 Å². The Morgan fingerprint density at radius 1 is 0.957 bits per heavy atom. The molecule has 3 aromatic rings. The number of carboxylic acid groups (broad SMARTS) is 1. The summed E-state index contributed by atoms with van der Waals surface area (Å²) >= 11 is 0. The standard InChI is InChI=1S/C36H42N4O7/c1-24-30(21-39-18-16-36(17-19-39)35(45)37-23-40(36)29-8-3-2-4-9-29)46-34(47-33(24)26-12-10-25(22-41)11-13-26)27-6-5-7-28(20-27)38-31(42)14-15-32(43)44/h2-13,20,24,30,33-34,41H,14-19,21-23H2,1H3,(H,37,45)(H,38,42)(H,43,44)/t24-,30+,33+,34+/m1/s1. The molecule has 0 aromatic heterocycles. The molecule has 0 radical (unpaired) electrons. The minimum Gasteiger partial charge on any atom is -0.481 e. The third kappa shape index (κ3) is 7.18. The number of rotatable bonds is 10. The van der Waals surface area contributed by atoms with Gasteiger partial charge in [-0.3, -0.25) is 14.4 Å². The van der Waals surface area contributed by atoms with Gasteiger partial charge in [-0.05, 0) is 48.2 Å². The van der Waals surface area contributed by atoms with Crippen molar-refractivity contribution in [3.05, 3.63) is 95.6 Å². The Kier molecular flexibility index (Phi) is 9.88. The van der Waals surface area contributed by atoms with Gasteiger partial charge in [0.15, 0.2) is 6.29 Å². The number of amides is 2. The number of nitrogens with one attached hydrogen (secondary N) is 2. The van der Waals surface area contributed by atoms with E-state index in [0.29, 0.717) is 31.7 Å². The first-order valence-corrected chi connectivity index (χ1v) is 16.2. The molecule has 0 unspecified atom stereocenters. The summed E-state index contributed by atoms with van der Waals surface area (Å²) in [5, 5.41) is 24.4. The molecular formula is C36H42N4O7. The van der Waals surface area contributed by atoms with E-state index in [9.17, 15) is 19.5 Å². The van der Waals surface area contributed by atoms with Crippen molar-refractivity contribution in [2.24, 2.45) is 5.92 Å². The number of likely N-dealkylation sites (tertiary alicyclic amines) is 1. The number of carbonyl (C=O) groups excluding carboxylic acids is 2. The van der Waals surface area contributed by atoms with Gasteiger partial charge in [0.25, 0.3) is 0 Å². The smallest absolute Gasteiger partial charge is 0.303 e. The van der Waals surface area contributed by atoms with Gasteiger partial charge in [0, 0.05) is 48.9 Å². The van der Waals surface area contributed by atoms with Crippen LogP contribution in [-0.4, -0.2) is 70.8 Å². The van der Waals surface area contributed by atoms with E-state index in [0.717, 1.165) is 35.5 Å². The van der Waals surface area contributed by atoms with Crippen molar-refractivity contribution in [3.63, 3.8) is 0 Å². The summed E-state index contributed by atoms with van der Waals surface area (Å²) in [4.78, 5) is 41.0. The van der Waals surface area contributed by atoms with E-state index < -0.39 is 17.8 Å². The SMILES string of the molecule is C[C@@H]1[C@H](CN2CCC3(CC2)C(=O)NCN3c2ccccc2)O[C@H](c2cccc(NC(=O)CCC(=O)O)c2)O[C@@H]1c1ccc(CO)cc1. The van der Waals surface area contributed by atoms with E-state index in [1.807, 2.05) is 54.6 Å². The number of hydrogen-bond acceptors (Lipinski definition) is 8. The van der Waals surface area contributed by atoms with E-state index >= 15 is 0 Å². The molecule has 3 aliphatic rings. The summed E-state index contributed by atoms with van der Waals surface area (Å²) in [6, 6.07) is 25.1. The van der Waals surface area contributed by atoms with Crippen LogP contribution in [0.2, 0.25) is 0 Å². The fourth-order valence-corrected chi connectivity index (χ4v) is 6.93. The van der Waals surface area contributed by atoms with Crippen LogP contribution in [0.5, 0.6) is 0 Å². The van der Waals surface area contributed by atoms with Crippen LogP contribution in [0.1, 0.15) is 61.7 Å². The Balaban J connectivity index is 1.19. The van der Waals surface area contributed by atoms with Gasteiger partial charge >= 0.3 is 5.97 Å². The van der Waals surface area contributed by atoms with E-state index in [1.165, 1.54) is 0 Å². The maximum Gasteiger partial charge on any atom is 0.303 e. The molecule has 0 aliphatic carbocycles. The van der Waals surface area contributed by atoms with E-state index in [4.69, 9.17) is 14.6 Å². The van der Waals surface area contributed by atoms with Crippen LogP contribution in [-0.2, 0) is 30.5 Å². The highest BCUT2D eigenvalue weighted by Crippen LogP contribution is 2.43. The molecule has 11 nitrogen and oxygen atoms in total. The molecule has 1 spiro atoms. The number of carboxylic acids is 1. The fourth-order valence-electron chi connectivity index (χ4n) is 6.93. The zero-order valence-electron chi connectivity index (χ0n) is 26.5. The van der Waals surface area contributed by atoms with Gasteiger partial charge in [-0.1, -0.05) is 61.5 Å². The first-order chi connectivity index (χ1) is 22.8. The number of piperidine rings is 1. The predicted octanol–water partition coefficient (Wildman–Crippen LogP) is 4.20. The fraction of sp³-hybridized carbons (Fsp3) is 0.417. The number of aliphatic carboxylic acids is 1. The second kappa shape index (κ2) is 14.2. The summed E-state index contributed by atoms with van der Waals surface area (Å²) in [6.45, 7) is 4.71. The van der Waals surface area contributed by atoms with Crippen LogP contribution in [0.15, 0.2) is 78.9 Å². The number of ether oxygens (including phenoxy) is 2. The van der Waals surface area contributed by atoms with E-state index in [-0.39, 0.29) is 49.4 Å². The first kappa shape index (κ1) is 32.6. The number of benzene rings is 3. The highest BCUT2D eigenvalue weighted by Gasteiger charge is 2.51. The number of anilines is 2. The number of carbonyl (C=O) groups is 3. The zero-order chi connectivity index (χ0) is 33.0. The molecule has 3 heterocycles. The minimum atomic E-state index is -1.03. The highest BCUT2D eigenvalue weighted by molar-refractivity contribution is 5.93. The molecule has 47 heavy (non-hydrogen) atoms. The molecule has 4 N–H and O–H groups in total. The van der Waals surface area contributed by atoms with Crippen LogP contribution in [0.3, 0.4) is 0 Å². The number of aliphatic hydroxyl groups excluding tert-OH is 1. The third-order valence-electron chi connectivity index (χ3n) is 9.66. The number of nitrogens with zero attached hydrogens (tertiary/aromatic N) is 2. The maximum atomic E-state index is 13.2. The van der Waals surface area contributed by atoms with Gasteiger partial charge in [-0.25, -0.2) is 0 Å². The summed E-state index contributed by atoms with van der Waals surface area (Å²) in [6.07, 6.45) is -0.200. The average Bonchev–Trinajstić information content (AvgIpc) is 3.40. The number of para-hydroxylation sites is 1. The summed E-state index contributed by atoms with van der Waals surface area (Å²) in [7, 11) is 0. The first-order valence-electron chi connectivity index (χ1n) is 16.2. The Hall–Kier alpha value is -4.29. The predicted molar refractivity (Wildman–Crippen MR) is 175 cm³/mol. The van der Waals surface area contributed by atoms with Crippen LogP contribution in [0.4, 0.5) is 11.4 Å². The molecule has 3 aromatic carbocycles. The highest BCUT2D eigenvalue weighted by atomic mass is 16.7. The normalized spacial score (nSPS) is 24.2. The molecule has 6 rings (SSSR count). The van der Waals surface area contributed by atoms with Gasteiger partial charge in [0.1, 0.15) is 5.54 Å². The zero-order valence-corrected chi connectivity index (χ0v) is 26.5. The van der Waals surface area contributed by atoms with Crippen molar-refractivity contribution < 1.29 is 34.1 Å². The number of aliphatic hydroxyl groups is 1. The van der Waals surface area contributed by atoms with Crippen molar-refractivity contribution in [2.75, 3.05) is 36.5 Å². The van der Waals surface area contributed by atoms with Crippen LogP contribution in [0.25, 0.3) is 0 Å². The lowest BCUT2D eigenvalue weighted by molar-refractivity contribution is -0.276. The molecule has 3 aliphatic heterocycles. The monoisotopic (exact) mass is 642 g/mol. The lowest BCUT2D eigenvalue weighted by Crippen LogP contribution is -2.57. The Labute approximate surface area is 274 Å². The summed E-state index contributed by atoms with van der Waals surface area (Å²) < 4.78 is 13.3. The minimum absolute atomic E-state index is 0.0170. The van der Waals surface area contributed by atoms with Gasteiger partial charge in [-0.15, -0.1) is 0 Å². The average molecular weight is 643 g/mol. The largest absolute Gasteiger partial charge is 0.481 e. The molecule has 2 amide bonds. The lowest BCUT2D eigenvalue weighted by Gasteiger charge is -2.46. The molecule has 0 saturated carbocycles. The van der Waals surface area contributed by atoms with Crippen LogP contribution >= 0.6 is 0 Å². The van der Waals surface area contributed by atoms with Gasteiger partial charge < -0.3 is 40.1 Å². The quantitative estimate of drug-likeness (QED) is 0.256. The van der Waals surface area contributed by atoms with Crippen molar-refractivity contribution in [2.45, 2.75) is 63.3 Å². The number of hydrogen-bond donors (Lipinski definition) is 4. The van der Waals surface area contributed by atoms with Gasteiger partial charge in [0.2, 0.25) is 11.8 Å². The summed E-state index contributed by atoms with van der Waals surface area (Å²) in [5.41, 5.74) is 3.52. The van der Waals surface area contributed by atoms with Crippen molar-refractivity contribution in [3.8, 4) is 0 Å². The van der Waals surface area contributed by atoms with Crippen molar-refractivity contribution in [1.29, 1.82) is 0 Å². The van der Waals surface area contributed by atoms with Crippen molar-refractivity contribution >= 4 is 29.2 Å². The van der Waals surface area contributed by atoms with Crippen LogP contribution < -0.4 is 15.5 Å². The van der Waals surface area contributed by atoms with Gasteiger partial charge in [0.05, 0.1) is 31.9 Å². The maximum absolute atomic E-state index is 13.2. The summed E-state index contributed by atoms with van der Waals surface area (Å²) in [5.74, 6) is -1.34.